The maximum Gasteiger partial charge on any atom is 0.0321 e. The zero-order valence-electron chi connectivity index (χ0n) is 21.3. The van der Waals surface area contributed by atoms with Gasteiger partial charge in [0.25, 0.3) is 0 Å². The van der Waals surface area contributed by atoms with Gasteiger partial charge in [0.15, 0.2) is 0 Å². The summed E-state index contributed by atoms with van der Waals surface area (Å²) in [4.78, 5) is 33.1. The Bertz CT molecular complexity index is 1610. The maximum atomic E-state index is 13.1. The van der Waals surface area contributed by atoms with Crippen molar-refractivity contribution in [3.63, 3.8) is 0 Å². The monoisotopic (exact) mass is 582 g/mol. The minimum atomic E-state index is -0.241. The summed E-state index contributed by atoms with van der Waals surface area (Å²) in [6.07, 6.45) is 3.24. The fourth-order valence-corrected chi connectivity index (χ4v) is 5.04. The van der Waals surface area contributed by atoms with E-state index in [1.165, 1.54) is 10.7 Å². The van der Waals surface area contributed by atoms with Gasteiger partial charge in [0, 0.05) is 11.9 Å². The molecule has 0 aliphatic carbocycles. The van der Waals surface area contributed by atoms with Gasteiger partial charge in [-0.3, -0.25) is 0 Å². The fourth-order valence-electron chi connectivity index (χ4n) is 3.76. The van der Waals surface area contributed by atoms with Crippen molar-refractivity contribution < 1.29 is 4.79 Å². The molecule has 38 heavy (non-hydrogen) atoms. The third-order valence-corrected chi connectivity index (χ3v) is 7.76. The van der Waals surface area contributed by atoms with Gasteiger partial charge < -0.3 is 0 Å². The zero-order chi connectivity index (χ0) is 26.6. The fraction of sp³-hybridized carbons (Fsp3) is 0.138. The summed E-state index contributed by atoms with van der Waals surface area (Å²) < 4.78 is 1.26. The Morgan fingerprint density at radius 1 is 0.947 bits per heavy atom. The molecule has 1 atom stereocenters. The number of fused-ring (bicyclic) bond motifs is 1. The van der Waals surface area contributed by atoms with E-state index >= 15 is 0 Å². The van der Waals surface area contributed by atoms with Gasteiger partial charge in [0.1, 0.15) is 0 Å². The molecule has 0 fully saturated rings. The van der Waals surface area contributed by atoms with Gasteiger partial charge in [-0.25, -0.2) is 4.98 Å². The minimum Gasteiger partial charge on any atom is -0.239 e. The standard InChI is InChI=1S/C29H27AsN6OS/c1-17(2)23-11-10-22-27(34-23)32-16-33-28(22)35-24-14-19(29(37)36-26-13-4-18(3)15-31-26)5-12-25(24)38-21-8-6-20(30)7-9-21/h4-17H,30H2,1-3H3,(H,31,36,37)(H,32,33,34,35). The predicted octanol–water partition coefficient (Wildman–Crippen LogP) is 5.26. The van der Waals surface area contributed by atoms with Crippen LogP contribution in [0.4, 0.5) is 17.3 Å². The largest absolute Gasteiger partial charge is 0.239 e. The average molecular weight is 583 g/mol. The first-order valence-electron chi connectivity index (χ1n) is 12.2. The van der Waals surface area contributed by atoms with Crippen molar-refractivity contribution in [2.24, 2.45) is 0 Å². The van der Waals surface area contributed by atoms with E-state index in [0.717, 1.165) is 32.1 Å². The second kappa shape index (κ2) is 11.3. The topological polar surface area (TPSA) is 92.7 Å². The van der Waals surface area contributed by atoms with Crippen LogP contribution in [0.25, 0.3) is 11.0 Å². The minimum absolute atomic E-state index is 0.241. The molecule has 0 saturated carbocycles. The van der Waals surface area contributed by atoms with Gasteiger partial charge in [-0.05, 0) is 24.5 Å². The van der Waals surface area contributed by atoms with Crippen LogP contribution >= 0.6 is 11.8 Å². The van der Waals surface area contributed by atoms with E-state index < -0.39 is 0 Å². The summed E-state index contributed by atoms with van der Waals surface area (Å²) in [6, 6.07) is 21.8. The summed E-state index contributed by atoms with van der Waals surface area (Å²) >= 11 is 3.21. The van der Waals surface area contributed by atoms with Gasteiger partial charge in [0.05, 0.1) is 0 Å². The number of nitrogens with zero attached hydrogens (tertiary/aromatic N) is 4. The normalized spacial score (nSPS) is 11.1. The van der Waals surface area contributed by atoms with Crippen molar-refractivity contribution in [1.82, 2.24) is 19.9 Å². The van der Waals surface area contributed by atoms with E-state index in [4.69, 9.17) is 4.98 Å². The summed E-state index contributed by atoms with van der Waals surface area (Å²) in [5.74, 6) is 1.18. The number of pyridine rings is 2. The first kappa shape index (κ1) is 25.9. The zero-order valence-corrected chi connectivity index (χ0v) is 24.5. The summed E-state index contributed by atoms with van der Waals surface area (Å²) in [5.41, 5.74) is 3.90. The van der Waals surface area contributed by atoms with Crippen molar-refractivity contribution in [1.29, 1.82) is 0 Å². The molecule has 0 radical (unpaired) electrons. The molecule has 3 heterocycles. The van der Waals surface area contributed by atoms with Crippen molar-refractivity contribution in [2.75, 3.05) is 10.6 Å². The molecular formula is C29H27AsN6OS. The third kappa shape index (κ3) is 6.04. The van der Waals surface area contributed by atoms with E-state index in [-0.39, 0.29) is 5.91 Å². The number of carbonyl (C=O) groups excluding carboxylic acids is 1. The van der Waals surface area contributed by atoms with Crippen molar-refractivity contribution in [3.8, 4) is 0 Å². The van der Waals surface area contributed by atoms with Gasteiger partial charge in [-0.15, -0.1) is 0 Å². The molecule has 9 heteroatoms. The van der Waals surface area contributed by atoms with Gasteiger partial charge in [-0.1, -0.05) is 19.9 Å². The number of rotatable bonds is 7. The van der Waals surface area contributed by atoms with Crippen molar-refractivity contribution in [3.05, 3.63) is 96.1 Å². The van der Waals surface area contributed by atoms with Gasteiger partial charge in [0.2, 0.25) is 0 Å². The molecule has 190 valence electrons. The number of hydrogen-bond donors (Lipinski definition) is 2. The van der Waals surface area contributed by atoms with Crippen LogP contribution in [0.15, 0.2) is 89.0 Å². The number of aryl methyl sites for hydroxylation is 1. The molecule has 0 spiro atoms. The summed E-state index contributed by atoms with van der Waals surface area (Å²) in [7, 11) is 0. The number of hydrogen-bond acceptors (Lipinski definition) is 7. The van der Waals surface area contributed by atoms with Crippen LogP contribution in [-0.4, -0.2) is 42.7 Å². The molecule has 1 amide bonds. The van der Waals surface area contributed by atoms with Gasteiger partial charge in [-0.2, -0.15) is 0 Å². The molecule has 1 unspecified atom stereocenters. The molecule has 5 rings (SSSR count). The predicted molar refractivity (Wildman–Crippen MR) is 157 cm³/mol. The van der Waals surface area contributed by atoms with Gasteiger partial charge >= 0.3 is 174 Å². The van der Waals surface area contributed by atoms with Crippen LogP contribution in [0, 0.1) is 6.92 Å². The number of nitrogens with one attached hydrogen (secondary N) is 2. The molecule has 0 aliphatic heterocycles. The first-order chi connectivity index (χ1) is 18.4. The van der Waals surface area contributed by atoms with E-state index in [1.54, 1.807) is 40.9 Å². The Morgan fingerprint density at radius 2 is 1.76 bits per heavy atom. The molecule has 7 nitrogen and oxygen atoms in total. The number of benzene rings is 2. The second-order valence-electron chi connectivity index (χ2n) is 9.17. The molecule has 3 aromatic heterocycles. The molecule has 0 saturated heterocycles. The van der Waals surface area contributed by atoms with E-state index in [0.29, 0.717) is 28.8 Å². The SMILES string of the molecule is Cc1ccc(NC(=O)c2ccc(Sc3ccc([AsH2])cc3)c(Nc3ncnc4nc(C(C)C)ccc34)c2)nc1. The number of carbonyl (C=O) groups is 1. The third-order valence-electron chi connectivity index (χ3n) is 5.87. The van der Waals surface area contributed by atoms with Crippen molar-refractivity contribution in [2.45, 2.75) is 36.5 Å². The number of anilines is 3. The number of amides is 1. The second-order valence-corrected chi connectivity index (χ2v) is 11.7. The van der Waals surface area contributed by atoms with Crippen LogP contribution in [0.3, 0.4) is 0 Å². The van der Waals surface area contributed by atoms with E-state index in [9.17, 15) is 4.79 Å². The molecule has 0 bridgehead atoms. The van der Waals surface area contributed by atoms with E-state index in [2.05, 4.69) is 63.7 Å². The van der Waals surface area contributed by atoms with Crippen molar-refractivity contribution >= 4 is 67.2 Å². The Kier molecular flexibility index (Phi) is 7.72. The molecule has 0 aliphatic rings. The Labute approximate surface area is 234 Å². The van der Waals surface area contributed by atoms with Crippen LogP contribution in [0.1, 0.15) is 41.4 Å². The van der Waals surface area contributed by atoms with E-state index in [1.807, 2.05) is 43.3 Å². The average Bonchev–Trinajstić information content (AvgIpc) is 2.92. The Hall–Kier alpha value is -3.74. The molecular weight excluding hydrogens is 555 g/mol. The van der Waals surface area contributed by atoms with Crippen LogP contribution in [-0.2, 0) is 0 Å². The maximum absolute atomic E-state index is 13.1. The first-order valence-corrected chi connectivity index (χ1v) is 14.2. The summed E-state index contributed by atoms with van der Waals surface area (Å²) in [5, 5.41) is 7.15. The quantitative estimate of drug-likeness (QED) is 0.253. The molecule has 2 aromatic carbocycles. The van der Waals surface area contributed by atoms with Crippen LogP contribution in [0.2, 0.25) is 0 Å². The number of aromatic nitrogens is 4. The van der Waals surface area contributed by atoms with Crippen LogP contribution in [0.5, 0.6) is 0 Å². The summed E-state index contributed by atoms with van der Waals surface area (Å²) in [6.45, 7) is 6.16. The van der Waals surface area contributed by atoms with Crippen LogP contribution < -0.4 is 15.0 Å². The smallest absolute Gasteiger partial charge is 0.0321 e. The Morgan fingerprint density at radius 3 is 2.50 bits per heavy atom. The Balaban J connectivity index is 1.51. The molecule has 2 N–H and O–H groups in total. The molecule has 5 aromatic rings.